The Hall–Kier alpha value is -10.2. The van der Waals surface area contributed by atoms with Gasteiger partial charge in [-0.3, -0.25) is 0 Å². The number of hydrogen-bond acceptors (Lipinski definition) is 3. The van der Waals surface area contributed by atoms with Crippen LogP contribution >= 0.6 is 0 Å². The Bertz CT molecular complexity index is 4600. The molecular weight excluding hydrogens is 959 g/mol. The van der Waals surface area contributed by atoms with Crippen molar-refractivity contribution >= 4 is 38.6 Å². The Labute approximate surface area is 458 Å². The predicted octanol–water partition coefficient (Wildman–Crippen LogP) is 19.7. The molecule has 0 amide bonds. The number of anilines is 3. The van der Waals surface area contributed by atoms with Gasteiger partial charge in [0.1, 0.15) is 23.0 Å². The Morgan fingerprint density at radius 1 is 0.228 bits per heavy atom. The summed E-state index contributed by atoms with van der Waals surface area (Å²) in [4.78, 5) is 2.50. The van der Waals surface area contributed by atoms with E-state index in [9.17, 15) is 0 Å². The van der Waals surface area contributed by atoms with Crippen molar-refractivity contribution in [3.05, 3.63) is 330 Å². The van der Waals surface area contributed by atoms with Crippen molar-refractivity contribution in [3.8, 4) is 67.5 Å². The van der Waals surface area contributed by atoms with Gasteiger partial charge in [-0.15, -0.1) is 0 Å². The van der Waals surface area contributed by atoms with Crippen molar-refractivity contribution in [1.29, 1.82) is 0 Å². The summed E-state index contributed by atoms with van der Waals surface area (Å²) in [5, 5.41) is 4.78. The Morgan fingerprint density at radius 2 is 0.633 bits per heavy atom. The molecule has 0 fully saturated rings. The number of para-hydroxylation sites is 5. The van der Waals surface area contributed by atoms with E-state index in [0.29, 0.717) is 0 Å². The summed E-state index contributed by atoms with van der Waals surface area (Å²) in [6.07, 6.45) is 0. The number of hydrogen-bond donors (Lipinski definition) is 0. The number of benzene rings is 13. The highest BCUT2D eigenvalue weighted by molar-refractivity contribution is 6.03. The first-order chi connectivity index (χ1) is 39.1. The zero-order chi connectivity index (χ0) is 51.8. The maximum Gasteiger partial charge on any atom is 0.132 e. The van der Waals surface area contributed by atoms with Gasteiger partial charge in [-0.1, -0.05) is 206 Å². The maximum atomic E-state index is 6.81. The van der Waals surface area contributed by atoms with E-state index in [1.165, 1.54) is 71.8 Å². The monoisotopic (exact) mass is 1010 g/mol. The summed E-state index contributed by atoms with van der Waals surface area (Å²) in [5.74, 6) is 3.52. The van der Waals surface area contributed by atoms with Crippen LogP contribution in [-0.2, 0) is 10.8 Å². The van der Waals surface area contributed by atoms with Gasteiger partial charge in [0.25, 0.3) is 0 Å². The molecule has 4 aliphatic rings. The van der Waals surface area contributed by atoms with E-state index in [0.717, 1.165) is 78.8 Å². The second-order valence-electron chi connectivity index (χ2n) is 21.4. The molecule has 368 valence electrons. The van der Waals surface area contributed by atoms with E-state index in [1.807, 2.05) is 0 Å². The summed E-state index contributed by atoms with van der Waals surface area (Å²) >= 11 is 0. The molecule has 2 spiro atoms. The van der Waals surface area contributed by atoms with E-state index in [2.05, 4.69) is 290 Å². The molecule has 13 aromatic carbocycles. The second-order valence-corrected chi connectivity index (χ2v) is 21.4. The summed E-state index contributed by atoms with van der Waals surface area (Å²) < 4.78 is 13.6. The van der Waals surface area contributed by atoms with Gasteiger partial charge < -0.3 is 14.4 Å². The minimum Gasteiger partial charge on any atom is -0.457 e. The molecule has 79 heavy (non-hydrogen) atoms. The SMILES string of the molecule is c1ccc(-c2ccc(-c3ccccc3N(c3ccc4c(c3)C3(c5ccccc5Oc5ccccc53)c3ccccc3-4)c3ccc4cc5c(cc4c3)C3(c4ccccc4Oc4ccccc43)c3cc4ccccc4cc3-5)cc2)cc1. The average molecular weight is 1010 g/mol. The number of ether oxygens (including phenoxy) is 2. The van der Waals surface area contributed by atoms with E-state index in [1.54, 1.807) is 0 Å². The van der Waals surface area contributed by atoms with Crippen molar-refractivity contribution in [2.75, 3.05) is 4.90 Å². The Balaban J connectivity index is 0.924. The highest BCUT2D eigenvalue weighted by Gasteiger charge is 2.53. The fraction of sp³-hybridized carbons (Fsp3) is 0.0263. The van der Waals surface area contributed by atoms with Crippen LogP contribution in [0.25, 0.3) is 66.1 Å². The lowest BCUT2D eigenvalue weighted by Gasteiger charge is -2.39. The van der Waals surface area contributed by atoms with Crippen LogP contribution in [0.15, 0.2) is 285 Å². The van der Waals surface area contributed by atoms with Crippen molar-refractivity contribution in [2.24, 2.45) is 0 Å². The molecule has 0 unspecified atom stereocenters. The normalized spacial score (nSPS) is 14.0. The van der Waals surface area contributed by atoms with Crippen LogP contribution in [0.5, 0.6) is 23.0 Å². The summed E-state index contributed by atoms with van der Waals surface area (Å²) in [6, 6.07) is 105. The first kappa shape index (κ1) is 44.0. The third kappa shape index (κ3) is 6.13. The number of nitrogens with zero attached hydrogens (tertiary/aromatic N) is 1. The van der Waals surface area contributed by atoms with Gasteiger partial charge in [-0.25, -0.2) is 0 Å². The second kappa shape index (κ2) is 16.6. The minimum atomic E-state index is -0.639. The van der Waals surface area contributed by atoms with Crippen molar-refractivity contribution in [3.63, 3.8) is 0 Å². The smallest absolute Gasteiger partial charge is 0.132 e. The zero-order valence-corrected chi connectivity index (χ0v) is 42.9. The largest absolute Gasteiger partial charge is 0.457 e. The molecule has 0 saturated heterocycles. The summed E-state index contributed by atoms with van der Waals surface area (Å²) in [5.41, 5.74) is 21.1. The molecule has 13 aromatic rings. The first-order valence-corrected chi connectivity index (χ1v) is 27.3. The van der Waals surface area contributed by atoms with E-state index < -0.39 is 10.8 Å². The van der Waals surface area contributed by atoms with Crippen LogP contribution in [0.4, 0.5) is 17.1 Å². The fourth-order valence-corrected chi connectivity index (χ4v) is 14.2. The van der Waals surface area contributed by atoms with E-state index >= 15 is 0 Å². The van der Waals surface area contributed by atoms with Crippen LogP contribution in [0, 0.1) is 0 Å². The maximum absolute atomic E-state index is 6.81. The lowest BCUT2D eigenvalue weighted by molar-refractivity contribution is 0.436. The molecule has 0 bridgehead atoms. The summed E-state index contributed by atoms with van der Waals surface area (Å²) in [7, 11) is 0. The van der Waals surface area contributed by atoms with E-state index in [-0.39, 0.29) is 0 Å². The van der Waals surface area contributed by atoms with Crippen LogP contribution in [0.1, 0.15) is 44.5 Å². The topological polar surface area (TPSA) is 21.7 Å². The van der Waals surface area contributed by atoms with Crippen LogP contribution in [-0.4, -0.2) is 0 Å². The lowest BCUT2D eigenvalue weighted by Crippen LogP contribution is -2.32. The molecule has 0 aromatic heterocycles. The molecule has 3 nitrogen and oxygen atoms in total. The van der Waals surface area contributed by atoms with Gasteiger partial charge in [-0.05, 0) is 162 Å². The Kier molecular flexibility index (Phi) is 9.26. The number of rotatable bonds is 5. The molecule has 0 saturated carbocycles. The third-order valence-corrected chi connectivity index (χ3v) is 17.5. The quantitative estimate of drug-likeness (QED) is 0.171. The Morgan fingerprint density at radius 3 is 1.25 bits per heavy atom. The number of fused-ring (bicyclic) bond motifs is 20. The van der Waals surface area contributed by atoms with Crippen molar-refractivity contribution < 1.29 is 9.47 Å². The third-order valence-electron chi connectivity index (χ3n) is 17.5. The summed E-state index contributed by atoms with van der Waals surface area (Å²) in [6.45, 7) is 0. The molecule has 0 N–H and O–H groups in total. The fourth-order valence-electron chi connectivity index (χ4n) is 14.2. The minimum absolute atomic E-state index is 0.637. The molecule has 2 aliphatic carbocycles. The van der Waals surface area contributed by atoms with Crippen LogP contribution < -0.4 is 14.4 Å². The lowest BCUT2D eigenvalue weighted by atomic mass is 9.66. The van der Waals surface area contributed by atoms with Crippen molar-refractivity contribution in [2.45, 2.75) is 10.8 Å². The highest BCUT2D eigenvalue weighted by atomic mass is 16.5. The van der Waals surface area contributed by atoms with Gasteiger partial charge in [-0.2, -0.15) is 0 Å². The van der Waals surface area contributed by atoms with E-state index in [4.69, 9.17) is 9.47 Å². The zero-order valence-electron chi connectivity index (χ0n) is 42.9. The van der Waals surface area contributed by atoms with Gasteiger partial charge >= 0.3 is 0 Å². The average Bonchev–Trinajstić information content (AvgIpc) is 2.72. The molecule has 2 heterocycles. The van der Waals surface area contributed by atoms with Crippen molar-refractivity contribution in [1.82, 2.24) is 0 Å². The molecule has 0 radical (unpaired) electrons. The molecule has 2 aliphatic heterocycles. The van der Waals surface area contributed by atoms with Gasteiger partial charge in [0.05, 0.1) is 16.5 Å². The van der Waals surface area contributed by atoms with Crippen LogP contribution in [0.3, 0.4) is 0 Å². The van der Waals surface area contributed by atoms with Gasteiger partial charge in [0.2, 0.25) is 0 Å². The molecule has 17 rings (SSSR count). The molecule has 0 atom stereocenters. The van der Waals surface area contributed by atoms with Crippen LogP contribution in [0.2, 0.25) is 0 Å². The standard InChI is InChI=1S/C76H47NO2/c1-2-18-48(19-3-1)49-34-36-50(37-35-49)57-22-7-13-29-70(57)77(56-40-41-59-58-23-6-8-24-62(58)75(69(59)47-56)63-25-9-14-30-71(63)78-72-31-15-10-26-64(72)75)55-39-38-53-44-61-60-43-51-20-4-5-21-52(51)45-67(60)76(68(61)46-54(53)42-55)65-27-11-16-32-73(65)79-74-33-17-12-28-66(74)76/h1-47H. The first-order valence-electron chi connectivity index (χ1n) is 27.3. The predicted molar refractivity (Wildman–Crippen MR) is 322 cm³/mol. The molecule has 3 heteroatoms. The van der Waals surface area contributed by atoms with Gasteiger partial charge in [0.15, 0.2) is 0 Å². The highest BCUT2D eigenvalue weighted by Crippen LogP contribution is 2.65. The van der Waals surface area contributed by atoms with Gasteiger partial charge in [0, 0.05) is 39.2 Å². The molecular formula is C76H47NO2.